The number of fused-ring (bicyclic) bond motifs is 1. The highest BCUT2D eigenvalue weighted by atomic mass is 16.5. The molecule has 5 rings (SSSR count). The summed E-state index contributed by atoms with van der Waals surface area (Å²) in [6.45, 7) is 4.19. The molecule has 1 heterocycles. The average molecular weight is 519 g/mol. The minimum atomic E-state index is -0.631. The van der Waals surface area contributed by atoms with Gasteiger partial charge >= 0.3 is 5.97 Å². The normalized spacial score (nSPS) is 13.2. The van der Waals surface area contributed by atoms with Crippen molar-refractivity contribution in [2.75, 3.05) is 12.4 Å². The van der Waals surface area contributed by atoms with Crippen molar-refractivity contribution in [1.82, 2.24) is 4.90 Å². The fraction of sp³-hybridized carbons (Fsp3) is 0.182. The van der Waals surface area contributed by atoms with Gasteiger partial charge in [-0.25, -0.2) is 4.79 Å². The molecule has 4 aromatic rings. The lowest BCUT2D eigenvalue weighted by molar-refractivity contribution is -0.147. The van der Waals surface area contributed by atoms with Gasteiger partial charge < -0.3 is 15.0 Å². The third kappa shape index (κ3) is 5.18. The number of ether oxygens (including phenoxy) is 1. The number of rotatable bonds is 7. The van der Waals surface area contributed by atoms with Crippen LogP contribution in [-0.4, -0.2) is 35.8 Å². The molecule has 1 N–H and O–H groups in total. The molecule has 2 amide bonds. The highest BCUT2D eigenvalue weighted by Crippen LogP contribution is 2.32. The Hall–Kier alpha value is -4.71. The molecule has 0 fully saturated rings. The van der Waals surface area contributed by atoms with Gasteiger partial charge in [0.2, 0.25) is 0 Å². The molecule has 1 aliphatic rings. The molecular formula is C33H30N2O4. The van der Waals surface area contributed by atoms with E-state index >= 15 is 0 Å². The summed E-state index contributed by atoms with van der Waals surface area (Å²) in [7, 11) is 1.34. The minimum absolute atomic E-state index is 0.0717. The van der Waals surface area contributed by atoms with Crippen LogP contribution in [0.2, 0.25) is 0 Å². The average Bonchev–Trinajstić information content (AvgIpc) is 3.28. The van der Waals surface area contributed by atoms with Crippen LogP contribution in [0.15, 0.2) is 97.1 Å². The highest BCUT2D eigenvalue weighted by Gasteiger charge is 2.38. The first kappa shape index (κ1) is 25.9. The van der Waals surface area contributed by atoms with Crippen molar-refractivity contribution in [2.24, 2.45) is 5.92 Å². The monoisotopic (exact) mass is 518 g/mol. The standard InChI is InChI=1S/C33H30N2O4/c1-21(2)30(33(38)39-3)35-20-25-14-13-24(19-29(25)32(35)37)22-15-17-26(18-16-22)34-31(36)28-12-8-7-11-27(28)23-9-5-4-6-10-23/h4-19,21,30H,20H2,1-3H3,(H,34,36)/t30-/m1/s1. The Labute approximate surface area is 228 Å². The first-order chi connectivity index (χ1) is 18.9. The van der Waals surface area contributed by atoms with Gasteiger partial charge in [0.15, 0.2) is 0 Å². The maximum atomic E-state index is 13.3. The zero-order valence-electron chi connectivity index (χ0n) is 22.2. The van der Waals surface area contributed by atoms with Crippen LogP contribution in [0.25, 0.3) is 22.3 Å². The zero-order chi connectivity index (χ0) is 27.5. The second kappa shape index (κ2) is 11.0. The van der Waals surface area contributed by atoms with Crippen molar-refractivity contribution >= 4 is 23.5 Å². The zero-order valence-corrected chi connectivity index (χ0v) is 22.2. The summed E-state index contributed by atoms with van der Waals surface area (Å²) in [5.74, 6) is -0.833. The van der Waals surface area contributed by atoms with Crippen molar-refractivity contribution in [2.45, 2.75) is 26.4 Å². The predicted octanol–water partition coefficient (Wildman–Crippen LogP) is 6.43. The number of amides is 2. The van der Waals surface area contributed by atoms with Crippen LogP contribution in [-0.2, 0) is 16.1 Å². The summed E-state index contributed by atoms with van der Waals surface area (Å²) < 4.78 is 4.96. The van der Waals surface area contributed by atoms with Gasteiger partial charge in [-0.05, 0) is 58.0 Å². The maximum Gasteiger partial charge on any atom is 0.328 e. The first-order valence-corrected chi connectivity index (χ1v) is 13.0. The van der Waals surface area contributed by atoms with Crippen LogP contribution < -0.4 is 5.32 Å². The molecule has 0 radical (unpaired) electrons. The Balaban J connectivity index is 1.33. The van der Waals surface area contributed by atoms with E-state index in [0.717, 1.165) is 27.8 Å². The third-order valence-electron chi connectivity index (χ3n) is 7.08. The molecule has 0 saturated heterocycles. The molecule has 0 aromatic heterocycles. The second-order valence-electron chi connectivity index (χ2n) is 9.96. The summed E-state index contributed by atoms with van der Waals surface area (Å²) in [6, 6.07) is 30.1. The topological polar surface area (TPSA) is 75.7 Å². The third-order valence-corrected chi connectivity index (χ3v) is 7.08. The van der Waals surface area contributed by atoms with Gasteiger partial charge in [-0.3, -0.25) is 9.59 Å². The lowest BCUT2D eigenvalue weighted by Gasteiger charge is -2.28. The van der Waals surface area contributed by atoms with Gasteiger partial charge in [-0.15, -0.1) is 0 Å². The number of benzene rings is 4. The molecule has 0 unspecified atom stereocenters. The Morgan fingerprint density at radius 3 is 2.15 bits per heavy atom. The molecule has 0 spiro atoms. The van der Waals surface area contributed by atoms with E-state index in [-0.39, 0.29) is 17.7 Å². The number of carbonyl (C=O) groups is 3. The van der Waals surface area contributed by atoms with E-state index in [4.69, 9.17) is 4.74 Å². The second-order valence-corrected chi connectivity index (χ2v) is 9.96. The van der Waals surface area contributed by atoms with Crippen LogP contribution >= 0.6 is 0 Å². The number of anilines is 1. The van der Waals surface area contributed by atoms with Crippen molar-refractivity contribution < 1.29 is 19.1 Å². The van der Waals surface area contributed by atoms with E-state index in [1.807, 2.05) is 111 Å². The Kier molecular flexibility index (Phi) is 7.28. The fourth-order valence-electron chi connectivity index (χ4n) is 5.10. The number of hydrogen-bond acceptors (Lipinski definition) is 4. The van der Waals surface area contributed by atoms with Crippen molar-refractivity contribution in [3.05, 3.63) is 114 Å². The maximum absolute atomic E-state index is 13.3. The van der Waals surface area contributed by atoms with Gasteiger partial charge in [0.05, 0.1) is 7.11 Å². The Morgan fingerprint density at radius 2 is 1.46 bits per heavy atom. The van der Waals surface area contributed by atoms with Gasteiger partial charge in [-0.1, -0.05) is 86.6 Å². The minimum Gasteiger partial charge on any atom is -0.467 e. The number of nitrogens with zero attached hydrogens (tertiary/aromatic N) is 1. The molecule has 0 aliphatic carbocycles. The molecule has 6 heteroatoms. The van der Waals surface area contributed by atoms with Crippen LogP contribution in [0.1, 0.15) is 40.1 Å². The molecular weight excluding hydrogens is 488 g/mol. The molecule has 39 heavy (non-hydrogen) atoms. The molecule has 0 bridgehead atoms. The summed E-state index contributed by atoms with van der Waals surface area (Å²) in [5, 5.41) is 3.00. The largest absolute Gasteiger partial charge is 0.467 e. The van der Waals surface area contributed by atoms with E-state index in [1.54, 1.807) is 4.90 Å². The van der Waals surface area contributed by atoms with E-state index in [2.05, 4.69) is 5.32 Å². The van der Waals surface area contributed by atoms with Crippen molar-refractivity contribution in [1.29, 1.82) is 0 Å². The van der Waals surface area contributed by atoms with Gasteiger partial charge in [0.25, 0.3) is 11.8 Å². The molecule has 6 nitrogen and oxygen atoms in total. The summed E-state index contributed by atoms with van der Waals surface area (Å²) in [4.78, 5) is 40.4. The molecule has 1 atom stereocenters. The van der Waals surface area contributed by atoms with Crippen LogP contribution in [0, 0.1) is 5.92 Å². The number of nitrogens with one attached hydrogen (secondary N) is 1. The molecule has 4 aromatic carbocycles. The predicted molar refractivity (Wildman–Crippen MR) is 152 cm³/mol. The number of carbonyl (C=O) groups excluding carboxylic acids is 3. The molecule has 1 aliphatic heterocycles. The highest BCUT2D eigenvalue weighted by molar-refractivity contribution is 6.08. The lowest BCUT2D eigenvalue weighted by Crippen LogP contribution is -2.45. The van der Waals surface area contributed by atoms with Crippen molar-refractivity contribution in [3.8, 4) is 22.3 Å². The summed E-state index contributed by atoms with van der Waals surface area (Å²) >= 11 is 0. The number of methoxy groups -OCH3 is 1. The summed E-state index contributed by atoms with van der Waals surface area (Å²) in [5.41, 5.74) is 6.41. The quantitative estimate of drug-likeness (QED) is 0.286. The van der Waals surface area contributed by atoms with E-state index < -0.39 is 12.0 Å². The van der Waals surface area contributed by atoms with E-state index in [9.17, 15) is 14.4 Å². The number of esters is 1. The number of hydrogen-bond donors (Lipinski definition) is 1. The molecule has 196 valence electrons. The van der Waals surface area contributed by atoms with Crippen LogP contribution in [0.3, 0.4) is 0 Å². The van der Waals surface area contributed by atoms with Crippen LogP contribution in [0.4, 0.5) is 5.69 Å². The van der Waals surface area contributed by atoms with Crippen LogP contribution in [0.5, 0.6) is 0 Å². The van der Waals surface area contributed by atoms with Crippen molar-refractivity contribution in [3.63, 3.8) is 0 Å². The lowest BCUT2D eigenvalue weighted by atomic mass is 9.99. The SMILES string of the molecule is COC(=O)[C@@H](C(C)C)N1Cc2ccc(-c3ccc(NC(=O)c4ccccc4-c4ccccc4)cc3)cc2C1=O. The summed E-state index contributed by atoms with van der Waals surface area (Å²) in [6.07, 6.45) is 0. The Bertz CT molecular complexity index is 1530. The first-order valence-electron chi connectivity index (χ1n) is 13.0. The van der Waals surface area contributed by atoms with E-state index in [0.29, 0.717) is 23.4 Å². The molecule has 0 saturated carbocycles. The van der Waals surface area contributed by atoms with Gasteiger partial charge in [-0.2, -0.15) is 0 Å². The van der Waals surface area contributed by atoms with Gasteiger partial charge in [0.1, 0.15) is 6.04 Å². The van der Waals surface area contributed by atoms with Gasteiger partial charge in [0, 0.05) is 23.4 Å². The Morgan fingerprint density at radius 1 is 0.795 bits per heavy atom. The smallest absolute Gasteiger partial charge is 0.328 e. The fourth-order valence-corrected chi connectivity index (χ4v) is 5.10. The van der Waals surface area contributed by atoms with E-state index in [1.165, 1.54) is 7.11 Å².